The van der Waals surface area contributed by atoms with Crippen molar-refractivity contribution in [3.63, 3.8) is 0 Å². The number of carbonyl (C=O) groups is 1. The summed E-state index contributed by atoms with van der Waals surface area (Å²) in [5.41, 5.74) is 8.79. The van der Waals surface area contributed by atoms with Crippen LogP contribution in [0.5, 0.6) is 0 Å². The number of ether oxygens (including phenoxy) is 1. The Bertz CT molecular complexity index is 552. The van der Waals surface area contributed by atoms with Crippen LogP contribution in [0.4, 0.5) is 0 Å². The summed E-state index contributed by atoms with van der Waals surface area (Å²) in [6.45, 7) is 0.941. The summed E-state index contributed by atoms with van der Waals surface area (Å²) in [7, 11) is 1.59. The number of carbonyl (C=O) groups excluding carboxylic acids is 1. The zero-order valence-electron chi connectivity index (χ0n) is 12.0. The molecular formula is C15H20N4O2. The van der Waals surface area contributed by atoms with Gasteiger partial charge in [0, 0.05) is 26.5 Å². The third-order valence-electron chi connectivity index (χ3n) is 3.20. The van der Waals surface area contributed by atoms with Gasteiger partial charge in [0.25, 0.3) is 0 Å². The number of rotatable bonds is 7. The van der Waals surface area contributed by atoms with Gasteiger partial charge in [0.15, 0.2) is 0 Å². The first-order chi connectivity index (χ1) is 10.2. The average molecular weight is 288 g/mol. The fourth-order valence-electron chi connectivity index (χ4n) is 1.91. The lowest BCUT2D eigenvalue weighted by Crippen LogP contribution is -2.40. The fourth-order valence-corrected chi connectivity index (χ4v) is 1.91. The second-order valence-corrected chi connectivity index (χ2v) is 4.77. The second-order valence-electron chi connectivity index (χ2n) is 4.77. The molecule has 0 aliphatic carbocycles. The predicted octanol–water partition coefficient (Wildman–Crippen LogP) is 1.06. The number of nitrogens with two attached hydrogens (primary N) is 1. The van der Waals surface area contributed by atoms with Crippen LogP contribution in [-0.2, 0) is 16.1 Å². The number of aromatic nitrogens is 2. The molecule has 1 aromatic heterocycles. The van der Waals surface area contributed by atoms with Gasteiger partial charge >= 0.3 is 0 Å². The summed E-state index contributed by atoms with van der Waals surface area (Å²) in [4.78, 5) is 11.8. The van der Waals surface area contributed by atoms with Crippen LogP contribution in [0, 0.1) is 0 Å². The minimum Gasteiger partial charge on any atom is -0.385 e. The SMILES string of the molecule is COCCC(N)C(=O)NCc1ccc(-c2ccn[nH]2)cc1. The Hall–Kier alpha value is -2.18. The summed E-state index contributed by atoms with van der Waals surface area (Å²) in [6.07, 6.45) is 2.23. The van der Waals surface area contributed by atoms with Gasteiger partial charge < -0.3 is 15.8 Å². The summed E-state index contributed by atoms with van der Waals surface area (Å²) >= 11 is 0. The first-order valence-electron chi connectivity index (χ1n) is 6.81. The van der Waals surface area contributed by atoms with Crippen LogP contribution < -0.4 is 11.1 Å². The number of methoxy groups -OCH3 is 1. The molecule has 1 heterocycles. The lowest BCUT2D eigenvalue weighted by Gasteiger charge is -2.12. The molecule has 1 amide bonds. The lowest BCUT2D eigenvalue weighted by atomic mass is 10.1. The maximum absolute atomic E-state index is 11.8. The van der Waals surface area contributed by atoms with Gasteiger partial charge in [0.05, 0.1) is 11.7 Å². The van der Waals surface area contributed by atoms with E-state index in [-0.39, 0.29) is 5.91 Å². The van der Waals surface area contributed by atoms with Gasteiger partial charge in [-0.25, -0.2) is 0 Å². The third kappa shape index (κ3) is 4.40. The minimum atomic E-state index is -0.533. The lowest BCUT2D eigenvalue weighted by molar-refractivity contribution is -0.122. The van der Waals surface area contributed by atoms with E-state index < -0.39 is 6.04 Å². The molecule has 0 aliphatic heterocycles. The van der Waals surface area contributed by atoms with Gasteiger partial charge in [0.2, 0.25) is 5.91 Å². The number of nitrogens with zero attached hydrogens (tertiary/aromatic N) is 1. The van der Waals surface area contributed by atoms with Gasteiger partial charge in [-0.15, -0.1) is 0 Å². The number of H-pyrrole nitrogens is 1. The van der Waals surface area contributed by atoms with E-state index in [0.717, 1.165) is 16.8 Å². The highest BCUT2D eigenvalue weighted by molar-refractivity contribution is 5.81. The van der Waals surface area contributed by atoms with Crippen molar-refractivity contribution in [2.75, 3.05) is 13.7 Å². The van der Waals surface area contributed by atoms with E-state index in [4.69, 9.17) is 10.5 Å². The molecule has 0 radical (unpaired) electrons. The Morgan fingerprint density at radius 1 is 1.38 bits per heavy atom. The van der Waals surface area contributed by atoms with E-state index in [1.807, 2.05) is 30.3 Å². The molecule has 4 N–H and O–H groups in total. The molecule has 2 rings (SSSR count). The van der Waals surface area contributed by atoms with Gasteiger partial charge in [-0.05, 0) is 23.6 Å². The molecule has 0 spiro atoms. The average Bonchev–Trinajstić information content (AvgIpc) is 3.05. The summed E-state index contributed by atoms with van der Waals surface area (Å²) in [5, 5.41) is 9.65. The predicted molar refractivity (Wildman–Crippen MR) is 80.3 cm³/mol. The molecule has 1 unspecified atom stereocenters. The van der Waals surface area contributed by atoms with Crippen LogP contribution >= 0.6 is 0 Å². The molecule has 0 saturated carbocycles. The van der Waals surface area contributed by atoms with Gasteiger partial charge in [-0.1, -0.05) is 24.3 Å². The van der Waals surface area contributed by atoms with Crippen molar-refractivity contribution in [1.29, 1.82) is 0 Å². The van der Waals surface area contributed by atoms with Crippen molar-refractivity contribution in [2.24, 2.45) is 5.73 Å². The van der Waals surface area contributed by atoms with Crippen LogP contribution in [0.25, 0.3) is 11.3 Å². The van der Waals surface area contributed by atoms with Crippen LogP contribution in [0.3, 0.4) is 0 Å². The number of benzene rings is 1. The molecule has 21 heavy (non-hydrogen) atoms. The number of hydrogen-bond donors (Lipinski definition) is 3. The molecule has 6 nitrogen and oxygen atoms in total. The van der Waals surface area contributed by atoms with Crippen molar-refractivity contribution in [1.82, 2.24) is 15.5 Å². The van der Waals surface area contributed by atoms with E-state index in [1.165, 1.54) is 0 Å². The zero-order valence-corrected chi connectivity index (χ0v) is 12.0. The summed E-state index contributed by atoms with van der Waals surface area (Å²) in [5.74, 6) is -0.162. The number of amides is 1. The Morgan fingerprint density at radius 3 is 2.76 bits per heavy atom. The number of aromatic amines is 1. The second kappa shape index (κ2) is 7.56. The quantitative estimate of drug-likeness (QED) is 0.710. The van der Waals surface area contributed by atoms with Crippen molar-refractivity contribution in [2.45, 2.75) is 19.0 Å². The summed E-state index contributed by atoms with van der Waals surface area (Å²) in [6, 6.07) is 9.29. The molecule has 0 bridgehead atoms. The highest BCUT2D eigenvalue weighted by atomic mass is 16.5. The summed E-state index contributed by atoms with van der Waals surface area (Å²) < 4.78 is 4.91. The van der Waals surface area contributed by atoms with Crippen LogP contribution in [0.1, 0.15) is 12.0 Å². The molecule has 112 valence electrons. The first kappa shape index (κ1) is 15.2. The highest BCUT2D eigenvalue weighted by Gasteiger charge is 2.12. The Morgan fingerprint density at radius 2 is 2.14 bits per heavy atom. The van der Waals surface area contributed by atoms with Crippen molar-refractivity contribution in [3.8, 4) is 11.3 Å². The highest BCUT2D eigenvalue weighted by Crippen LogP contribution is 2.16. The van der Waals surface area contributed by atoms with Crippen molar-refractivity contribution < 1.29 is 9.53 Å². The van der Waals surface area contributed by atoms with E-state index in [2.05, 4.69) is 15.5 Å². The molecular weight excluding hydrogens is 268 g/mol. The monoisotopic (exact) mass is 288 g/mol. The zero-order chi connectivity index (χ0) is 15.1. The maximum atomic E-state index is 11.8. The van der Waals surface area contributed by atoms with Gasteiger partial charge in [-0.2, -0.15) is 5.10 Å². The minimum absolute atomic E-state index is 0.162. The Balaban J connectivity index is 1.85. The molecule has 1 atom stereocenters. The first-order valence-corrected chi connectivity index (χ1v) is 6.81. The van der Waals surface area contributed by atoms with Gasteiger partial charge in [0.1, 0.15) is 0 Å². The largest absolute Gasteiger partial charge is 0.385 e. The molecule has 0 aliphatic rings. The molecule has 6 heteroatoms. The third-order valence-corrected chi connectivity index (χ3v) is 3.20. The Kier molecular flexibility index (Phi) is 5.48. The Labute approximate surface area is 123 Å². The molecule has 0 fully saturated rings. The standard InChI is InChI=1S/C15H20N4O2/c1-21-9-7-13(16)15(20)17-10-11-2-4-12(5-3-11)14-6-8-18-19-14/h2-6,8,13H,7,9-10,16H2,1H3,(H,17,20)(H,18,19). The van der Waals surface area contributed by atoms with E-state index in [0.29, 0.717) is 19.6 Å². The molecule has 2 aromatic rings. The smallest absolute Gasteiger partial charge is 0.237 e. The van der Waals surface area contributed by atoms with Crippen molar-refractivity contribution >= 4 is 5.91 Å². The van der Waals surface area contributed by atoms with Crippen molar-refractivity contribution in [3.05, 3.63) is 42.1 Å². The maximum Gasteiger partial charge on any atom is 0.237 e. The molecule has 1 aromatic carbocycles. The number of nitrogens with one attached hydrogen (secondary N) is 2. The van der Waals surface area contributed by atoms with Crippen LogP contribution in [-0.4, -0.2) is 35.9 Å². The van der Waals surface area contributed by atoms with Crippen LogP contribution in [0.15, 0.2) is 36.5 Å². The van der Waals surface area contributed by atoms with E-state index in [1.54, 1.807) is 13.3 Å². The topological polar surface area (TPSA) is 93.0 Å². The van der Waals surface area contributed by atoms with Crippen LogP contribution in [0.2, 0.25) is 0 Å². The fraction of sp³-hybridized carbons (Fsp3) is 0.333. The van der Waals surface area contributed by atoms with E-state index in [9.17, 15) is 4.79 Å². The molecule has 0 saturated heterocycles. The normalized spacial score (nSPS) is 12.1. The van der Waals surface area contributed by atoms with Gasteiger partial charge in [-0.3, -0.25) is 9.89 Å². The van der Waals surface area contributed by atoms with E-state index >= 15 is 0 Å². The number of hydrogen-bond acceptors (Lipinski definition) is 4.